The van der Waals surface area contributed by atoms with E-state index in [-0.39, 0.29) is 5.82 Å². The molecule has 0 saturated heterocycles. The molecule has 0 aliphatic heterocycles. The third-order valence-electron chi connectivity index (χ3n) is 3.12. The molecule has 0 bridgehead atoms. The van der Waals surface area contributed by atoms with Gasteiger partial charge in [0.15, 0.2) is 0 Å². The van der Waals surface area contributed by atoms with E-state index in [1.165, 1.54) is 6.07 Å². The number of halogens is 1. The summed E-state index contributed by atoms with van der Waals surface area (Å²) in [5, 5.41) is 9.91. The fraction of sp³-hybridized carbons (Fsp3) is 0.294. The number of aliphatic hydroxyl groups excluding tert-OH is 1. The van der Waals surface area contributed by atoms with Crippen molar-refractivity contribution in [2.75, 3.05) is 6.61 Å². The van der Waals surface area contributed by atoms with Crippen LogP contribution in [0.4, 0.5) is 4.39 Å². The number of aliphatic hydroxyl groups is 1. The molecule has 0 saturated carbocycles. The highest BCUT2D eigenvalue weighted by molar-refractivity contribution is 5.27. The van der Waals surface area contributed by atoms with Crippen LogP contribution in [0.5, 0.6) is 5.75 Å². The Morgan fingerprint density at radius 3 is 2.70 bits per heavy atom. The molecule has 2 rings (SSSR count). The number of benzene rings is 2. The van der Waals surface area contributed by atoms with E-state index in [1.54, 1.807) is 18.2 Å². The Morgan fingerprint density at radius 1 is 1.15 bits per heavy atom. The number of aryl methyl sites for hydroxylation is 1. The van der Waals surface area contributed by atoms with Crippen molar-refractivity contribution in [3.05, 3.63) is 65.5 Å². The normalized spacial score (nSPS) is 12.2. The van der Waals surface area contributed by atoms with E-state index in [1.807, 2.05) is 31.2 Å². The lowest BCUT2D eigenvalue weighted by molar-refractivity contribution is 0.138. The molecule has 0 spiro atoms. The summed E-state index contributed by atoms with van der Waals surface area (Å²) in [4.78, 5) is 0. The topological polar surface area (TPSA) is 29.5 Å². The van der Waals surface area contributed by atoms with Crippen molar-refractivity contribution in [3.63, 3.8) is 0 Å². The molecule has 1 N–H and O–H groups in total. The molecule has 0 aliphatic carbocycles. The quantitative estimate of drug-likeness (QED) is 0.873. The largest absolute Gasteiger partial charge is 0.493 e. The highest BCUT2D eigenvalue weighted by Gasteiger charge is 2.09. The van der Waals surface area contributed by atoms with Crippen LogP contribution in [0, 0.1) is 12.7 Å². The Labute approximate surface area is 118 Å². The maximum Gasteiger partial charge on any atom is 0.126 e. The average molecular weight is 274 g/mol. The molecule has 1 atom stereocenters. The molecule has 20 heavy (non-hydrogen) atoms. The molecule has 106 valence electrons. The van der Waals surface area contributed by atoms with Crippen LogP contribution >= 0.6 is 0 Å². The molecular weight excluding hydrogens is 255 g/mol. The summed E-state index contributed by atoms with van der Waals surface area (Å²) in [7, 11) is 0. The van der Waals surface area contributed by atoms with Crippen LogP contribution in [0.25, 0.3) is 0 Å². The smallest absolute Gasteiger partial charge is 0.126 e. The van der Waals surface area contributed by atoms with E-state index >= 15 is 0 Å². The van der Waals surface area contributed by atoms with Crippen molar-refractivity contribution >= 4 is 0 Å². The van der Waals surface area contributed by atoms with E-state index in [0.717, 1.165) is 11.3 Å². The van der Waals surface area contributed by atoms with E-state index in [2.05, 4.69) is 0 Å². The molecule has 2 nitrogen and oxygen atoms in total. The molecule has 2 aromatic rings. The minimum atomic E-state index is -0.600. The lowest BCUT2D eigenvalue weighted by Gasteiger charge is -2.12. The Balaban J connectivity index is 1.78. The van der Waals surface area contributed by atoms with Gasteiger partial charge in [-0.3, -0.25) is 0 Å². The first-order chi connectivity index (χ1) is 9.65. The molecule has 0 aliphatic rings. The van der Waals surface area contributed by atoms with E-state index in [4.69, 9.17) is 4.74 Å². The number of ether oxygens (including phenoxy) is 1. The second-order valence-electron chi connectivity index (χ2n) is 4.90. The monoisotopic (exact) mass is 274 g/mol. The molecule has 3 heteroatoms. The standard InChI is InChI=1S/C17H19FO2/c1-13-5-4-7-16(11-13)20-10-9-15(19)12-14-6-2-3-8-17(14)18/h2-8,11,15,19H,9-10,12H2,1H3. The van der Waals surface area contributed by atoms with Crippen LogP contribution in [0.2, 0.25) is 0 Å². The second kappa shape index (κ2) is 7.06. The number of rotatable bonds is 6. The van der Waals surface area contributed by atoms with Gasteiger partial charge in [-0.15, -0.1) is 0 Å². The first-order valence-corrected chi connectivity index (χ1v) is 6.76. The lowest BCUT2D eigenvalue weighted by atomic mass is 10.1. The van der Waals surface area contributed by atoms with Gasteiger partial charge in [0.25, 0.3) is 0 Å². The van der Waals surface area contributed by atoms with Gasteiger partial charge in [-0.2, -0.15) is 0 Å². The van der Waals surface area contributed by atoms with Crippen molar-refractivity contribution in [1.82, 2.24) is 0 Å². The van der Waals surface area contributed by atoms with E-state index in [0.29, 0.717) is 25.0 Å². The first-order valence-electron chi connectivity index (χ1n) is 6.76. The SMILES string of the molecule is Cc1cccc(OCCC(O)Cc2ccccc2F)c1. The first kappa shape index (κ1) is 14.5. The van der Waals surface area contributed by atoms with Gasteiger partial charge in [-0.1, -0.05) is 30.3 Å². The number of hydrogen-bond acceptors (Lipinski definition) is 2. The third kappa shape index (κ3) is 4.35. The predicted octanol–water partition coefficient (Wildman–Crippen LogP) is 3.51. The summed E-state index contributed by atoms with van der Waals surface area (Å²) in [6.07, 6.45) is 0.184. The molecule has 0 amide bonds. The van der Waals surface area contributed by atoms with Gasteiger partial charge in [0, 0.05) is 12.8 Å². The van der Waals surface area contributed by atoms with Gasteiger partial charge < -0.3 is 9.84 Å². The Morgan fingerprint density at radius 2 is 1.95 bits per heavy atom. The maximum absolute atomic E-state index is 13.4. The molecule has 0 radical (unpaired) electrons. The minimum absolute atomic E-state index is 0.272. The van der Waals surface area contributed by atoms with E-state index < -0.39 is 6.10 Å². The highest BCUT2D eigenvalue weighted by Crippen LogP contribution is 2.14. The van der Waals surface area contributed by atoms with E-state index in [9.17, 15) is 9.50 Å². The van der Waals surface area contributed by atoms with Crippen LogP contribution in [0.15, 0.2) is 48.5 Å². The Kier molecular flexibility index (Phi) is 5.13. The zero-order valence-corrected chi connectivity index (χ0v) is 11.6. The summed E-state index contributed by atoms with van der Waals surface area (Å²) in [5.74, 6) is 0.522. The molecule has 2 aromatic carbocycles. The summed E-state index contributed by atoms with van der Waals surface area (Å²) < 4.78 is 19.0. The molecular formula is C17H19FO2. The van der Waals surface area contributed by atoms with Crippen molar-refractivity contribution in [2.24, 2.45) is 0 Å². The lowest BCUT2D eigenvalue weighted by Crippen LogP contribution is -2.15. The van der Waals surface area contributed by atoms with Gasteiger partial charge in [0.2, 0.25) is 0 Å². The average Bonchev–Trinajstić information content (AvgIpc) is 2.41. The molecule has 0 fully saturated rings. The van der Waals surface area contributed by atoms with Gasteiger partial charge in [-0.05, 0) is 36.2 Å². The summed E-state index contributed by atoms with van der Waals surface area (Å²) in [6.45, 7) is 2.42. The van der Waals surface area contributed by atoms with Crippen molar-refractivity contribution in [2.45, 2.75) is 25.9 Å². The number of hydrogen-bond donors (Lipinski definition) is 1. The Bertz CT molecular complexity index is 554. The predicted molar refractivity (Wildman–Crippen MR) is 77.4 cm³/mol. The second-order valence-corrected chi connectivity index (χ2v) is 4.90. The van der Waals surface area contributed by atoms with Gasteiger partial charge >= 0.3 is 0 Å². The van der Waals surface area contributed by atoms with Crippen LogP contribution < -0.4 is 4.74 Å². The fourth-order valence-electron chi connectivity index (χ4n) is 2.04. The Hall–Kier alpha value is -1.87. The summed E-state index contributed by atoms with van der Waals surface area (Å²) in [6, 6.07) is 14.3. The van der Waals surface area contributed by atoms with Crippen molar-refractivity contribution in [3.8, 4) is 5.75 Å². The van der Waals surface area contributed by atoms with Crippen molar-refractivity contribution in [1.29, 1.82) is 0 Å². The van der Waals surface area contributed by atoms with Crippen LogP contribution in [-0.4, -0.2) is 17.8 Å². The highest BCUT2D eigenvalue weighted by atomic mass is 19.1. The minimum Gasteiger partial charge on any atom is -0.493 e. The van der Waals surface area contributed by atoms with Crippen LogP contribution in [-0.2, 0) is 6.42 Å². The zero-order chi connectivity index (χ0) is 14.4. The fourth-order valence-corrected chi connectivity index (χ4v) is 2.04. The summed E-state index contributed by atoms with van der Waals surface area (Å²) >= 11 is 0. The zero-order valence-electron chi connectivity index (χ0n) is 11.6. The maximum atomic E-state index is 13.4. The van der Waals surface area contributed by atoms with Gasteiger partial charge in [0.05, 0.1) is 12.7 Å². The molecule has 0 aromatic heterocycles. The third-order valence-corrected chi connectivity index (χ3v) is 3.12. The van der Waals surface area contributed by atoms with Gasteiger partial charge in [0.1, 0.15) is 11.6 Å². The van der Waals surface area contributed by atoms with Crippen LogP contribution in [0.1, 0.15) is 17.5 Å². The molecule has 1 unspecified atom stereocenters. The van der Waals surface area contributed by atoms with Crippen LogP contribution in [0.3, 0.4) is 0 Å². The van der Waals surface area contributed by atoms with Crippen molar-refractivity contribution < 1.29 is 14.2 Å². The molecule has 0 heterocycles. The summed E-state index contributed by atoms with van der Waals surface area (Å²) in [5.41, 5.74) is 1.67. The van der Waals surface area contributed by atoms with Gasteiger partial charge in [-0.25, -0.2) is 4.39 Å².